The number of ether oxygens (including phenoxy) is 2. The van der Waals surface area contributed by atoms with Crippen molar-refractivity contribution >= 4 is 28.4 Å². The van der Waals surface area contributed by atoms with Gasteiger partial charge in [0.05, 0.1) is 23.0 Å². The highest BCUT2D eigenvalue weighted by Gasteiger charge is 2.26. The van der Waals surface area contributed by atoms with Crippen LogP contribution in [0.5, 0.6) is 5.75 Å². The van der Waals surface area contributed by atoms with E-state index in [1.54, 1.807) is 6.92 Å². The Morgan fingerprint density at radius 3 is 2.66 bits per heavy atom. The zero-order valence-electron chi connectivity index (χ0n) is 20.1. The number of aryl methyl sites for hydroxylation is 1. The van der Waals surface area contributed by atoms with Crippen LogP contribution in [0, 0.1) is 12.8 Å². The van der Waals surface area contributed by atoms with Crippen LogP contribution in [0.25, 0.3) is 22.2 Å². The summed E-state index contributed by atoms with van der Waals surface area (Å²) in [6.45, 7) is 6.48. The molecule has 1 aliphatic carbocycles. The SMILES string of the molecule is Cc1noc(COc2ccc3c(N)c(-c4ccc(NC(=O)OC(C)C)cc4)n(CC4CC4)c3c2)n1. The van der Waals surface area contributed by atoms with Crippen molar-refractivity contribution in [3.05, 3.63) is 54.2 Å². The normalized spacial score (nSPS) is 13.4. The molecule has 2 aromatic carbocycles. The minimum Gasteiger partial charge on any atom is -0.484 e. The Morgan fingerprint density at radius 2 is 2.00 bits per heavy atom. The van der Waals surface area contributed by atoms with Gasteiger partial charge in [-0.15, -0.1) is 0 Å². The highest BCUT2D eigenvalue weighted by Crippen LogP contribution is 2.41. The monoisotopic (exact) mass is 475 g/mol. The molecule has 0 aliphatic heterocycles. The lowest BCUT2D eigenvalue weighted by atomic mass is 10.1. The van der Waals surface area contributed by atoms with E-state index in [0.29, 0.717) is 29.1 Å². The van der Waals surface area contributed by atoms with Crippen molar-refractivity contribution in [3.8, 4) is 17.0 Å². The van der Waals surface area contributed by atoms with Crippen molar-refractivity contribution in [2.24, 2.45) is 5.92 Å². The Hall–Kier alpha value is -4.01. The van der Waals surface area contributed by atoms with Gasteiger partial charge in [0.2, 0.25) is 0 Å². The zero-order chi connectivity index (χ0) is 24.5. The lowest BCUT2D eigenvalue weighted by Crippen LogP contribution is -2.17. The molecule has 4 aromatic rings. The number of nitrogens with one attached hydrogen (secondary N) is 1. The molecule has 1 saturated carbocycles. The van der Waals surface area contributed by atoms with E-state index in [1.165, 1.54) is 12.8 Å². The minimum atomic E-state index is -0.474. The Kier molecular flexibility index (Phi) is 6.07. The average Bonchev–Trinajstić information content (AvgIpc) is 3.48. The van der Waals surface area contributed by atoms with Gasteiger partial charge >= 0.3 is 6.09 Å². The lowest BCUT2D eigenvalue weighted by molar-refractivity contribution is 0.130. The van der Waals surface area contributed by atoms with E-state index < -0.39 is 6.09 Å². The maximum absolute atomic E-state index is 11.9. The van der Waals surface area contributed by atoms with Crippen molar-refractivity contribution in [2.45, 2.75) is 52.9 Å². The van der Waals surface area contributed by atoms with Gasteiger partial charge in [-0.3, -0.25) is 5.32 Å². The molecule has 5 rings (SSSR count). The maximum atomic E-state index is 11.9. The van der Waals surface area contributed by atoms with E-state index >= 15 is 0 Å². The van der Waals surface area contributed by atoms with E-state index in [2.05, 4.69) is 20.0 Å². The zero-order valence-corrected chi connectivity index (χ0v) is 20.1. The molecule has 3 N–H and O–H groups in total. The van der Waals surface area contributed by atoms with Crippen molar-refractivity contribution in [2.75, 3.05) is 11.1 Å². The number of aromatic nitrogens is 3. The van der Waals surface area contributed by atoms with Gasteiger partial charge in [-0.05, 0) is 63.8 Å². The molecule has 0 radical (unpaired) electrons. The number of carbonyl (C=O) groups is 1. The molecule has 0 saturated heterocycles. The van der Waals surface area contributed by atoms with Crippen molar-refractivity contribution in [3.63, 3.8) is 0 Å². The van der Waals surface area contributed by atoms with Crippen molar-refractivity contribution < 1.29 is 18.8 Å². The van der Waals surface area contributed by atoms with Gasteiger partial charge in [0.25, 0.3) is 5.89 Å². The first-order valence-corrected chi connectivity index (χ1v) is 11.8. The summed E-state index contributed by atoms with van der Waals surface area (Å²) in [7, 11) is 0. The molecule has 1 aliphatic rings. The van der Waals surface area contributed by atoms with Gasteiger partial charge in [0.1, 0.15) is 5.75 Å². The van der Waals surface area contributed by atoms with E-state index in [4.69, 9.17) is 19.7 Å². The van der Waals surface area contributed by atoms with Gasteiger partial charge in [-0.25, -0.2) is 4.79 Å². The third-order valence-corrected chi connectivity index (χ3v) is 5.89. The van der Waals surface area contributed by atoms with Gasteiger partial charge in [0, 0.05) is 29.2 Å². The van der Waals surface area contributed by atoms with Gasteiger partial charge in [-0.2, -0.15) is 4.98 Å². The van der Waals surface area contributed by atoms with Crippen LogP contribution in [-0.4, -0.2) is 26.9 Å². The number of carbonyl (C=O) groups excluding carboxylic acids is 1. The van der Waals surface area contributed by atoms with Crippen molar-refractivity contribution in [1.29, 1.82) is 0 Å². The van der Waals surface area contributed by atoms with E-state index in [-0.39, 0.29) is 12.7 Å². The Balaban J connectivity index is 1.45. The predicted octanol–water partition coefficient (Wildman–Crippen LogP) is 5.53. The van der Waals surface area contributed by atoms with Crippen LogP contribution in [0.3, 0.4) is 0 Å². The molecule has 9 heteroatoms. The Labute approximate surface area is 203 Å². The number of benzene rings is 2. The number of fused-ring (bicyclic) bond motifs is 1. The first kappa shape index (κ1) is 22.8. The molecule has 0 bridgehead atoms. The molecule has 0 atom stereocenters. The molecule has 1 fully saturated rings. The summed E-state index contributed by atoms with van der Waals surface area (Å²) in [6, 6.07) is 13.6. The second-order valence-corrected chi connectivity index (χ2v) is 9.18. The van der Waals surface area contributed by atoms with Crippen LogP contribution in [0.4, 0.5) is 16.2 Å². The summed E-state index contributed by atoms with van der Waals surface area (Å²) in [5.41, 5.74) is 11.0. The summed E-state index contributed by atoms with van der Waals surface area (Å²) < 4.78 is 18.5. The lowest BCUT2D eigenvalue weighted by Gasteiger charge is -2.13. The van der Waals surface area contributed by atoms with Crippen LogP contribution in [0.1, 0.15) is 38.4 Å². The first-order chi connectivity index (χ1) is 16.9. The van der Waals surface area contributed by atoms with Gasteiger partial charge in [-0.1, -0.05) is 17.3 Å². The Morgan fingerprint density at radius 1 is 1.23 bits per heavy atom. The highest BCUT2D eigenvalue weighted by molar-refractivity contribution is 6.01. The molecule has 2 aromatic heterocycles. The second-order valence-electron chi connectivity index (χ2n) is 9.18. The number of nitrogens with zero attached hydrogens (tertiary/aromatic N) is 3. The largest absolute Gasteiger partial charge is 0.484 e. The second kappa shape index (κ2) is 9.32. The van der Waals surface area contributed by atoms with E-state index in [1.807, 2.05) is 56.3 Å². The molecular weight excluding hydrogens is 446 g/mol. The molecule has 9 nitrogen and oxygen atoms in total. The summed E-state index contributed by atoms with van der Waals surface area (Å²) in [5.74, 6) is 2.36. The first-order valence-electron chi connectivity index (χ1n) is 11.8. The average molecular weight is 476 g/mol. The fourth-order valence-corrected chi connectivity index (χ4v) is 4.12. The summed E-state index contributed by atoms with van der Waals surface area (Å²) >= 11 is 0. The fourth-order valence-electron chi connectivity index (χ4n) is 4.12. The third kappa shape index (κ3) is 5.08. The molecule has 182 valence electrons. The van der Waals surface area contributed by atoms with E-state index in [0.717, 1.165) is 34.4 Å². The topological polar surface area (TPSA) is 117 Å². The quantitative estimate of drug-likeness (QED) is 0.344. The summed E-state index contributed by atoms with van der Waals surface area (Å²) in [6.07, 6.45) is 1.77. The number of anilines is 2. The predicted molar refractivity (Wildman–Crippen MR) is 133 cm³/mol. The standard InChI is InChI=1S/C26H29N5O4/c1-15(2)34-26(32)29-19-8-6-18(7-9-19)25-24(27)21-11-10-20(33-14-23-28-16(3)30-35-23)12-22(21)31(25)13-17-4-5-17/h6-12,15,17H,4-5,13-14,27H2,1-3H3,(H,29,32). The molecule has 2 heterocycles. The number of nitrogen functional groups attached to an aromatic ring is 1. The Bertz CT molecular complexity index is 1350. The van der Waals surface area contributed by atoms with Crippen LogP contribution in [0.15, 0.2) is 47.0 Å². The van der Waals surface area contributed by atoms with Crippen molar-refractivity contribution in [1.82, 2.24) is 14.7 Å². The van der Waals surface area contributed by atoms with Crippen LogP contribution < -0.4 is 15.8 Å². The fraction of sp³-hybridized carbons (Fsp3) is 0.346. The number of hydrogen-bond donors (Lipinski definition) is 2. The van der Waals surface area contributed by atoms with Gasteiger partial charge in [0.15, 0.2) is 12.4 Å². The number of nitrogens with two attached hydrogens (primary N) is 1. The number of amides is 1. The van der Waals surface area contributed by atoms with E-state index in [9.17, 15) is 4.79 Å². The third-order valence-electron chi connectivity index (χ3n) is 5.89. The highest BCUT2D eigenvalue weighted by atomic mass is 16.6. The molecule has 1 amide bonds. The van der Waals surface area contributed by atoms with Crippen LogP contribution >= 0.6 is 0 Å². The molecular formula is C26H29N5O4. The van der Waals surface area contributed by atoms with Crippen LogP contribution in [-0.2, 0) is 17.9 Å². The molecule has 0 unspecified atom stereocenters. The molecule has 35 heavy (non-hydrogen) atoms. The van der Waals surface area contributed by atoms with Crippen LogP contribution in [0.2, 0.25) is 0 Å². The minimum absolute atomic E-state index is 0.183. The maximum Gasteiger partial charge on any atom is 0.411 e. The smallest absolute Gasteiger partial charge is 0.411 e. The summed E-state index contributed by atoms with van der Waals surface area (Å²) in [5, 5.41) is 7.53. The summed E-state index contributed by atoms with van der Waals surface area (Å²) in [4.78, 5) is 16.1. The van der Waals surface area contributed by atoms with Gasteiger partial charge < -0.3 is 24.3 Å². The number of hydrogen-bond acceptors (Lipinski definition) is 7. The molecule has 0 spiro atoms. The number of rotatable bonds is 8.